The monoisotopic (exact) mass is 520 g/mol. The van der Waals surface area contributed by atoms with E-state index < -0.39 is 0 Å². The van der Waals surface area contributed by atoms with Crippen LogP contribution in [0.2, 0.25) is 0 Å². The Hall–Kier alpha value is -1.34. The number of aliphatic hydroxyl groups is 1. The van der Waals surface area contributed by atoms with Crippen LogP contribution in [0.15, 0.2) is 35.4 Å². The Morgan fingerprint density at radius 2 is 1.55 bits per heavy atom. The molecule has 2 saturated carbocycles. The van der Waals surface area contributed by atoms with Gasteiger partial charge < -0.3 is 5.11 Å². The van der Waals surface area contributed by atoms with Crippen LogP contribution in [0, 0.1) is 11.3 Å². The zero-order valence-electron chi connectivity index (χ0n) is 25.8. The molecule has 38 heavy (non-hydrogen) atoms. The van der Waals surface area contributed by atoms with Gasteiger partial charge in [-0.15, -0.1) is 0 Å². The van der Waals surface area contributed by atoms with Gasteiger partial charge in [-0.25, -0.2) is 0 Å². The summed E-state index contributed by atoms with van der Waals surface area (Å²) in [6.45, 7) is 11.8. The van der Waals surface area contributed by atoms with Crippen LogP contribution in [0.4, 0.5) is 0 Å². The van der Waals surface area contributed by atoms with Crippen LogP contribution < -0.4 is 0 Å². The Labute approximate surface area is 236 Å². The second kappa shape index (κ2) is 16.1. The van der Waals surface area contributed by atoms with Crippen LogP contribution >= 0.6 is 0 Å². The first-order valence-electron chi connectivity index (χ1n) is 16.5. The molecule has 1 aromatic carbocycles. The molecule has 0 saturated heterocycles. The van der Waals surface area contributed by atoms with Gasteiger partial charge in [-0.1, -0.05) is 95.4 Å². The number of unbranched alkanes of at least 4 members (excludes halogenated alkanes) is 2. The third-order valence-electron chi connectivity index (χ3n) is 9.51. The molecular formula is C37H60O. The smallest absolute Gasteiger partial charge is 0.0540 e. The van der Waals surface area contributed by atoms with Crippen molar-refractivity contribution in [1.82, 2.24) is 0 Å². The van der Waals surface area contributed by atoms with Gasteiger partial charge in [0.1, 0.15) is 0 Å². The normalized spacial score (nSPS) is 22.1. The van der Waals surface area contributed by atoms with E-state index in [1.54, 1.807) is 16.7 Å². The number of aryl methyl sites for hydroxylation is 1. The largest absolute Gasteiger partial charge is 0.393 e. The van der Waals surface area contributed by atoms with Crippen molar-refractivity contribution in [3.63, 3.8) is 0 Å². The van der Waals surface area contributed by atoms with Gasteiger partial charge in [0.05, 0.1) is 6.10 Å². The molecule has 0 spiro atoms. The van der Waals surface area contributed by atoms with Crippen molar-refractivity contribution in [2.75, 3.05) is 0 Å². The predicted molar refractivity (Wildman–Crippen MR) is 168 cm³/mol. The Kier molecular flexibility index (Phi) is 13.2. The van der Waals surface area contributed by atoms with Crippen LogP contribution in [0.3, 0.4) is 0 Å². The van der Waals surface area contributed by atoms with Crippen LogP contribution in [0.5, 0.6) is 0 Å². The highest BCUT2D eigenvalue weighted by atomic mass is 16.3. The van der Waals surface area contributed by atoms with E-state index in [0.717, 1.165) is 38.0 Å². The van der Waals surface area contributed by atoms with Crippen LogP contribution in [0.25, 0.3) is 6.08 Å². The molecule has 2 aliphatic rings. The fraction of sp³-hybridized carbons (Fsp3) is 0.730. The van der Waals surface area contributed by atoms with Crippen molar-refractivity contribution in [2.45, 2.75) is 162 Å². The number of benzene rings is 1. The van der Waals surface area contributed by atoms with Gasteiger partial charge in [0.25, 0.3) is 0 Å². The highest BCUT2D eigenvalue weighted by Gasteiger charge is 2.31. The summed E-state index contributed by atoms with van der Waals surface area (Å²) in [6.07, 6.45) is 27.2. The van der Waals surface area contributed by atoms with E-state index in [2.05, 4.69) is 65.0 Å². The molecule has 0 aromatic heterocycles. The van der Waals surface area contributed by atoms with Crippen molar-refractivity contribution in [2.24, 2.45) is 11.3 Å². The van der Waals surface area contributed by atoms with Crippen molar-refractivity contribution in [3.8, 4) is 0 Å². The summed E-state index contributed by atoms with van der Waals surface area (Å²) in [5.74, 6) is 1.56. The zero-order chi connectivity index (χ0) is 27.4. The summed E-state index contributed by atoms with van der Waals surface area (Å²) < 4.78 is 0. The van der Waals surface area contributed by atoms with Crippen molar-refractivity contribution in [3.05, 3.63) is 52.1 Å². The van der Waals surface area contributed by atoms with Crippen molar-refractivity contribution >= 4 is 6.08 Å². The first-order valence-corrected chi connectivity index (χ1v) is 16.5. The van der Waals surface area contributed by atoms with Gasteiger partial charge in [-0.2, -0.15) is 0 Å². The fourth-order valence-electron chi connectivity index (χ4n) is 6.97. The van der Waals surface area contributed by atoms with E-state index in [9.17, 15) is 5.11 Å². The molecule has 1 aromatic rings. The Balaban J connectivity index is 1.73. The first-order chi connectivity index (χ1) is 18.3. The molecule has 2 fully saturated rings. The zero-order valence-corrected chi connectivity index (χ0v) is 25.8. The van der Waals surface area contributed by atoms with Gasteiger partial charge in [0.2, 0.25) is 0 Å². The molecule has 1 nitrogen and oxygen atoms in total. The molecular weight excluding hydrogens is 460 g/mol. The van der Waals surface area contributed by atoms with Crippen molar-refractivity contribution in [1.29, 1.82) is 0 Å². The maximum Gasteiger partial charge on any atom is 0.0540 e. The summed E-state index contributed by atoms with van der Waals surface area (Å²) >= 11 is 0. The van der Waals surface area contributed by atoms with Gasteiger partial charge >= 0.3 is 0 Å². The molecule has 0 amide bonds. The maximum atomic E-state index is 10.2. The second-order valence-electron chi connectivity index (χ2n) is 13.7. The number of hydrogen-bond acceptors (Lipinski definition) is 1. The Morgan fingerprint density at radius 1 is 0.868 bits per heavy atom. The van der Waals surface area contributed by atoms with Crippen molar-refractivity contribution < 1.29 is 5.11 Å². The second-order valence-corrected chi connectivity index (χ2v) is 13.7. The van der Waals surface area contributed by atoms with E-state index in [1.165, 1.54) is 94.6 Å². The fourth-order valence-corrected chi connectivity index (χ4v) is 6.97. The number of hydrogen-bond donors (Lipinski definition) is 1. The molecule has 1 N–H and O–H groups in total. The summed E-state index contributed by atoms with van der Waals surface area (Å²) in [6, 6.07) is 7.41. The molecule has 1 unspecified atom stereocenters. The molecule has 214 valence electrons. The molecule has 1 atom stereocenters. The first kappa shape index (κ1) is 31.2. The third kappa shape index (κ3) is 10.3. The molecule has 3 rings (SSSR count). The minimum atomic E-state index is -0.127. The van der Waals surface area contributed by atoms with E-state index in [0.29, 0.717) is 11.3 Å². The van der Waals surface area contributed by atoms with Gasteiger partial charge in [0, 0.05) is 0 Å². The third-order valence-corrected chi connectivity index (χ3v) is 9.51. The average molecular weight is 521 g/mol. The number of aliphatic hydroxyl groups excluding tert-OH is 1. The van der Waals surface area contributed by atoms with Gasteiger partial charge in [0.15, 0.2) is 0 Å². The summed E-state index contributed by atoms with van der Waals surface area (Å²) in [5.41, 5.74) is 8.44. The van der Waals surface area contributed by atoms with E-state index >= 15 is 0 Å². The lowest BCUT2D eigenvalue weighted by molar-refractivity contribution is 0.151. The lowest BCUT2D eigenvalue weighted by Crippen LogP contribution is -2.25. The quantitative estimate of drug-likeness (QED) is 0.227. The molecule has 2 aliphatic carbocycles. The standard InChI is InChI=1S/C37H60O/c1-6-8-9-14-29-15-10-17-30(18-11-16-29)27-33-22-21-31(19-12-20-35(38)13-7-2)28-36(33)32-23-25-34(26-24-32)37(3,4)5/h14,21-22,27-28,32,34-35,38H,6-13,15-20,23-26H2,1-5H3. The minimum absolute atomic E-state index is 0.127. The van der Waals surface area contributed by atoms with Crippen LogP contribution in [0.1, 0.15) is 166 Å². The maximum absolute atomic E-state index is 10.2. The summed E-state index contributed by atoms with van der Waals surface area (Å²) in [7, 11) is 0. The lowest BCUT2D eigenvalue weighted by Gasteiger charge is -2.37. The SMILES string of the molecule is CCCCC=C1CCCC(=Cc2ccc(CCCC(O)CCC)cc2C2CCC(C(C)(C)C)CC2)CCC1. The minimum Gasteiger partial charge on any atom is -0.393 e. The Bertz CT molecular complexity index is 860. The average Bonchev–Trinajstić information content (AvgIpc) is 2.87. The van der Waals surface area contributed by atoms with Crippen LogP contribution in [-0.4, -0.2) is 11.2 Å². The molecule has 0 radical (unpaired) electrons. The molecule has 0 aliphatic heterocycles. The van der Waals surface area contributed by atoms with E-state index in [1.807, 2.05) is 0 Å². The lowest BCUT2D eigenvalue weighted by atomic mass is 9.68. The predicted octanol–water partition coefficient (Wildman–Crippen LogP) is 11.3. The Morgan fingerprint density at radius 3 is 2.18 bits per heavy atom. The van der Waals surface area contributed by atoms with Gasteiger partial charge in [-0.3, -0.25) is 0 Å². The number of rotatable bonds is 11. The highest BCUT2D eigenvalue weighted by molar-refractivity contribution is 5.59. The van der Waals surface area contributed by atoms with E-state index in [-0.39, 0.29) is 6.10 Å². The molecule has 0 bridgehead atoms. The summed E-state index contributed by atoms with van der Waals surface area (Å²) in [5, 5.41) is 10.2. The van der Waals surface area contributed by atoms with E-state index in [4.69, 9.17) is 0 Å². The molecule has 1 heteroatoms. The summed E-state index contributed by atoms with van der Waals surface area (Å²) in [4.78, 5) is 0. The van der Waals surface area contributed by atoms with Crippen LogP contribution in [-0.2, 0) is 6.42 Å². The number of allylic oxidation sites excluding steroid dienone is 3. The molecule has 0 heterocycles. The highest BCUT2D eigenvalue weighted by Crippen LogP contribution is 2.44. The van der Waals surface area contributed by atoms with Gasteiger partial charge in [-0.05, 0) is 130 Å². The topological polar surface area (TPSA) is 20.2 Å².